The lowest BCUT2D eigenvalue weighted by atomic mass is 10.1. The first-order valence-corrected chi connectivity index (χ1v) is 8.06. The van der Waals surface area contributed by atoms with Crippen LogP contribution in [0.1, 0.15) is 28.2 Å². The molecule has 0 aliphatic heterocycles. The molecule has 24 heavy (non-hydrogen) atoms. The number of nitrogens with one attached hydrogen (secondary N) is 1. The van der Waals surface area contributed by atoms with E-state index in [0.29, 0.717) is 47.0 Å². The summed E-state index contributed by atoms with van der Waals surface area (Å²) in [6, 6.07) is 12.7. The molecule has 1 amide bonds. The Morgan fingerprint density at radius 3 is 2.75 bits per heavy atom. The molecule has 0 aliphatic rings. The zero-order valence-electron chi connectivity index (χ0n) is 13.0. The van der Waals surface area contributed by atoms with Crippen LogP contribution in [0.3, 0.4) is 0 Å². The van der Waals surface area contributed by atoms with E-state index >= 15 is 0 Å². The van der Waals surface area contributed by atoms with Crippen LogP contribution in [-0.4, -0.2) is 29.1 Å². The lowest BCUT2D eigenvalue weighted by Crippen LogP contribution is -2.24. The number of halogens is 1. The zero-order valence-corrected chi connectivity index (χ0v) is 13.7. The quantitative estimate of drug-likeness (QED) is 0.673. The lowest BCUT2D eigenvalue weighted by Gasteiger charge is -2.03. The Bertz CT molecular complexity index is 843. The van der Waals surface area contributed by atoms with E-state index in [1.54, 1.807) is 18.2 Å². The van der Waals surface area contributed by atoms with E-state index in [0.717, 1.165) is 5.56 Å². The Balaban J connectivity index is 1.76. The topological polar surface area (TPSA) is 75.4 Å². The van der Waals surface area contributed by atoms with E-state index in [1.165, 1.54) is 0 Å². The molecular formula is C18H17ClN2O3. The number of oxazole rings is 1. The van der Waals surface area contributed by atoms with E-state index in [9.17, 15) is 4.79 Å². The Kier molecular flexibility index (Phi) is 5.13. The minimum Gasteiger partial charge on any atom is -0.440 e. The molecule has 0 aliphatic carbocycles. The van der Waals surface area contributed by atoms with E-state index < -0.39 is 0 Å². The van der Waals surface area contributed by atoms with Crippen LogP contribution in [0.25, 0.3) is 11.1 Å². The Hall–Kier alpha value is -2.37. The first kappa shape index (κ1) is 16.5. The van der Waals surface area contributed by atoms with Gasteiger partial charge in [0.1, 0.15) is 5.52 Å². The van der Waals surface area contributed by atoms with Crippen molar-refractivity contribution in [3.63, 3.8) is 0 Å². The van der Waals surface area contributed by atoms with Gasteiger partial charge in [-0.3, -0.25) is 4.79 Å². The largest absolute Gasteiger partial charge is 0.440 e. The number of aliphatic hydroxyl groups is 1. The second-order valence-electron chi connectivity index (χ2n) is 5.43. The monoisotopic (exact) mass is 344 g/mol. The van der Waals surface area contributed by atoms with Gasteiger partial charge in [0.15, 0.2) is 11.5 Å². The standard InChI is InChI=1S/C18H17ClN2O3/c19-14-5-2-12(3-6-14)10-17-21-15-11-13(4-7-16(15)24-17)18(23)20-8-1-9-22/h2-7,11,22H,1,8-10H2,(H,20,23). The van der Waals surface area contributed by atoms with Crippen molar-refractivity contribution in [1.29, 1.82) is 0 Å². The molecule has 0 bridgehead atoms. The van der Waals surface area contributed by atoms with Crippen molar-refractivity contribution in [2.45, 2.75) is 12.8 Å². The van der Waals surface area contributed by atoms with Crippen molar-refractivity contribution < 1.29 is 14.3 Å². The van der Waals surface area contributed by atoms with Crippen molar-refractivity contribution >= 4 is 28.6 Å². The predicted octanol–water partition coefficient (Wildman–Crippen LogP) is 3.18. The Morgan fingerprint density at radius 2 is 2.00 bits per heavy atom. The number of hydrogen-bond donors (Lipinski definition) is 2. The molecular weight excluding hydrogens is 328 g/mol. The summed E-state index contributed by atoms with van der Waals surface area (Å²) >= 11 is 5.88. The third kappa shape index (κ3) is 3.93. The van der Waals surface area contributed by atoms with E-state index in [2.05, 4.69) is 10.3 Å². The Labute approximate surface area is 144 Å². The third-order valence-electron chi connectivity index (χ3n) is 3.58. The maximum absolute atomic E-state index is 12.0. The van der Waals surface area contributed by atoms with Gasteiger partial charge in [-0.2, -0.15) is 0 Å². The molecule has 0 spiro atoms. The van der Waals surface area contributed by atoms with Gasteiger partial charge in [0.2, 0.25) is 0 Å². The fraction of sp³-hybridized carbons (Fsp3) is 0.222. The van der Waals surface area contributed by atoms with Gasteiger partial charge in [0, 0.05) is 30.2 Å². The lowest BCUT2D eigenvalue weighted by molar-refractivity contribution is 0.0951. The average Bonchev–Trinajstić information content (AvgIpc) is 2.98. The maximum Gasteiger partial charge on any atom is 0.251 e. The molecule has 3 rings (SSSR count). The average molecular weight is 345 g/mol. The minimum absolute atomic E-state index is 0.0522. The predicted molar refractivity (Wildman–Crippen MR) is 92.3 cm³/mol. The fourth-order valence-electron chi connectivity index (χ4n) is 2.35. The molecule has 1 aromatic heterocycles. The smallest absolute Gasteiger partial charge is 0.251 e. The van der Waals surface area contributed by atoms with Crippen LogP contribution in [-0.2, 0) is 6.42 Å². The summed E-state index contributed by atoms with van der Waals surface area (Å²) in [7, 11) is 0. The van der Waals surface area contributed by atoms with Crippen molar-refractivity contribution in [1.82, 2.24) is 10.3 Å². The number of carbonyl (C=O) groups is 1. The van der Waals surface area contributed by atoms with Crippen LogP contribution in [0.2, 0.25) is 5.02 Å². The molecule has 0 unspecified atom stereocenters. The SMILES string of the molecule is O=C(NCCCO)c1ccc2oc(Cc3ccc(Cl)cc3)nc2c1. The molecule has 1 heterocycles. The molecule has 0 atom stereocenters. The van der Waals surface area contributed by atoms with Crippen LogP contribution in [0.15, 0.2) is 46.9 Å². The van der Waals surface area contributed by atoms with Gasteiger partial charge in [0.05, 0.1) is 0 Å². The number of amides is 1. The number of rotatable bonds is 6. The molecule has 2 N–H and O–H groups in total. The molecule has 2 aromatic carbocycles. The van der Waals surface area contributed by atoms with E-state index in [4.69, 9.17) is 21.1 Å². The summed E-state index contributed by atoms with van der Waals surface area (Å²) in [6.07, 6.45) is 1.09. The van der Waals surface area contributed by atoms with Crippen molar-refractivity contribution in [2.75, 3.05) is 13.2 Å². The summed E-state index contributed by atoms with van der Waals surface area (Å²) in [5.41, 5.74) is 2.86. The molecule has 0 saturated carbocycles. The van der Waals surface area contributed by atoms with E-state index in [1.807, 2.05) is 24.3 Å². The van der Waals surface area contributed by atoms with Gasteiger partial charge in [-0.1, -0.05) is 23.7 Å². The van der Waals surface area contributed by atoms with Gasteiger partial charge >= 0.3 is 0 Å². The molecule has 0 radical (unpaired) electrons. The number of hydrogen-bond acceptors (Lipinski definition) is 4. The van der Waals surface area contributed by atoms with Gasteiger partial charge in [-0.15, -0.1) is 0 Å². The molecule has 3 aromatic rings. The highest BCUT2D eigenvalue weighted by Crippen LogP contribution is 2.20. The highest BCUT2D eigenvalue weighted by Gasteiger charge is 2.11. The highest BCUT2D eigenvalue weighted by molar-refractivity contribution is 6.30. The third-order valence-corrected chi connectivity index (χ3v) is 3.84. The maximum atomic E-state index is 12.0. The first-order valence-electron chi connectivity index (χ1n) is 7.68. The van der Waals surface area contributed by atoms with Gasteiger partial charge < -0.3 is 14.8 Å². The number of nitrogens with zero attached hydrogens (tertiary/aromatic N) is 1. The van der Waals surface area contributed by atoms with Crippen LogP contribution < -0.4 is 5.32 Å². The van der Waals surface area contributed by atoms with Gasteiger partial charge in [-0.25, -0.2) is 4.98 Å². The van der Waals surface area contributed by atoms with Gasteiger partial charge in [0.25, 0.3) is 5.91 Å². The number of fused-ring (bicyclic) bond motifs is 1. The van der Waals surface area contributed by atoms with Crippen LogP contribution in [0.5, 0.6) is 0 Å². The molecule has 0 saturated heterocycles. The molecule has 6 heteroatoms. The normalized spacial score (nSPS) is 10.9. The second kappa shape index (κ2) is 7.47. The number of aliphatic hydroxyl groups excluding tert-OH is 1. The fourth-order valence-corrected chi connectivity index (χ4v) is 2.48. The summed E-state index contributed by atoms with van der Waals surface area (Å²) < 4.78 is 5.73. The first-order chi connectivity index (χ1) is 11.7. The van der Waals surface area contributed by atoms with E-state index in [-0.39, 0.29) is 12.5 Å². The molecule has 124 valence electrons. The zero-order chi connectivity index (χ0) is 16.9. The van der Waals surface area contributed by atoms with Crippen molar-refractivity contribution in [3.8, 4) is 0 Å². The Morgan fingerprint density at radius 1 is 1.21 bits per heavy atom. The van der Waals surface area contributed by atoms with Gasteiger partial charge in [-0.05, 0) is 42.3 Å². The van der Waals surface area contributed by atoms with Crippen LogP contribution in [0.4, 0.5) is 0 Å². The highest BCUT2D eigenvalue weighted by atomic mass is 35.5. The number of carbonyl (C=O) groups excluding carboxylic acids is 1. The van der Waals surface area contributed by atoms with Crippen LogP contribution in [0, 0.1) is 0 Å². The number of benzene rings is 2. The minimum atomic E-state index is -0.187. The van der Waals surface area contributed by atoms with Crippen molar-refractivity contribution in [3.05, 3.63) is 64.5 Å². The molecule has 5 nitrogen and oxygen atoms in total. The summed E-state index contributed by atoms with van der Waals surface area (Å²) in [5.74, 6) is 0.401. The summed E-state index contributed by atoms with van der Waals surface area (Å²) in [5, 5.41) is 12.2. The molecule has 0 fully saturated rings. The summed E-state index contributed by atoms with van der Waals surface area (Å²) in [6.45, 7) is 0.491. The summed E-state index contributed by atoms with van der Waals surface area (Å²) in [4.78, 5) is 16.5. The van der Waals surface area contributed by atoms with Crippen molar-refractivity contribution in [2.24, 2.45) is 0 Å². The van der Waals surface area contributed by atoms with Crippen LogP contribution >= 0.6 is 11.6 Å². The number of aromatic nitrogens is 1. The second-order valence-corrected chi connectivity index (χ2v) is 5.86.